The Kier molecular flexibility index (Phi) is 5.79. The third-order valence-electron chi connectivity index (χ3n) is 2.42. The Balaban J connectivity index is 2.11. The van der Waals surface area contributed by atoms with Crippen molar-refractivity contribution in [2.24, 2.45) is 5.41 Å². The second-order valence-corrected chi connectivity index (χ2v) is 5.75. The minimum Gasteiger partial charge on any atom is -0.491 e. The third-order valence-corrected chi connectivity index (χ3v) is 2.74. The molecule has 0 radical (unpaired) electrons. The molecule has 1 aromatic carbocycles. The molecule has 0 spiro atoms. The average molecular weight is 256 g/mol. The van der Waals surface area contributed by atoms with Crippen LogP contribution in [0.3, 0.4) is 0 Å². The van der Waals surface area contributed by atoms with Crippen molar-refractivity contribution in [2.75, 3.05) is 19.7 Å². The first-order chi connectivity index (χ1) is 7.99. The van der Waals surface area contributed by atoms with Crippen LogP contribution in [0.15, 0.2) is 24.3 Å². The predicted octanol–water partition coefficient (Wildman–Crippen LogP) is 3.74. The highest BCUT2D eigenvalue weighted by Crippen LogP contribution is 2.22. The number of hydrogen-bond acceptors (Lipinski definition) is 2. The summed E-state index contributed by atoms with van der Waals surface area (Å²) in [5, 5.41) is 4.03. The van der Waals surface area contributed by atoms with Crippen molar-refractivity contribution in [3.63, 3.8) is 0 Å². The van der Waals surface area contributed by atoms with Gasteiger partial charge in [0.15, 0.2) is 0 Å². The van der Waals surface area contributed by atoms with Crippen molar-refractivity contribution in [2.45, 2.75) is 27.2 Å². The van der Waals surface area contributed by atoms with Crippen LogP contribution in [0.2, 0.25) is 5.02 Å². The highest BCUT2D eigenvalue weighted by Gasteiger charge is 2.08. The van der Waals surface area contributed by atoms with Crippen molar-refractivity contribution in [3.05, 3.63) is 29.3 Å². The Bertz CT molecular complexity index is 333. The van der Waals surface area contributed by atoms with Gasteiger partial charge in [-0.1, -0.05) is 44.5 Å². The number of benzene rings is 1. The third kappa shape index (κ3) is 6.54. The lowest BCUT2D eigenvalue weighted by molar-refractivity contribution is 0.304. The molecule has 0 aliphatic heterocycles. The van der Waals surface area contributed by atoms with Gasteiger partial charge in [-0.05, 0) is 30.5 Å². The number of hydrogen-bond donors (Lipinski definition) is 1. The fourth-order valence-corrected chi connectivity index (χ4v) is 1.57. The van der Waals surface area contributed by atoms with E-state index in [2.05, 4.69) is 26.1 Å². The summed E-state index contributed by atoms with van der Waals surface area (Å²) >= 11 is 5.98. The van der Waals surface area contributed by atoms with E-state index in [0.29, 0.717) is 17.0 Å². The first-order valence-electron chi connectivity index (χ1n) is 6.07. The van der Waals surface area contributed by atoms with E-state index in [1.54, 1.807) is 0 Å². The van der Waals surface area contributed by atoms with Crippen molar-refractivity contribution >= 4 is 11.6 Å². The summed E-state index contributed by atoms with van der Waals surface area (Å²) in [4.78, 5) is 0. The smallest absolute Gasteiger partial charge is 0.137 e. The van der Waals surface area contributed by atoms with Crippen LogP contribution in [-0.2, 0) is 0 Å². The number of para-hydroxylation sites is 1. The molecule has 0 fully saturated rings. The van der Waals surface area contributed by atoms with Crippen LogP contribution < -0.4 is 10.1 Å². The van der Waals surface area contributed by atoms with E-state index in [1.165, 1.54) is 6.42 Å². The van der Waals surface area contributed by atoms with Crippen LogP contribution in [-0.4, -0.2) is 19.7 Å². The normalized spacial score (nSPS) is 11.5. The lowest BCUT2D eigenvalue weighted by Crippen LogP contribution is -2.25. The Labute approximate surface area is 109 Å². The van der Waals surface area contributed by atoms with Crippen LogP contribution in [0.25, 0.3) is 0 Å². The molecule has 0 saturated heterocycles. The van der Waals surface area contributed by atoms with Gasteiger partial charge in [0.25, 0.3) is 0 Å². The molecular formula is C14H22ClNO. The minimum absolute atomic E-state index is 0.386. The molecule has 1 N–H and O–H groups in total. The zero-order valence-electron chi connectivity index (χ0n) is 10.9. The Morgan fingerprint density at radius 2 is 1.88 bits per heavy atom. The second kappa shape index (κ2) is 6.87. The first kappa shape index (κ1) is 14.3. The van der Waals surface area contributed by atoms with Gasteiger partial charge >= 0.3 is 0 Å². The molecule has 0 amide bonds. The van der Waals surface area contributed by atoms with Gasteiger partial charge in [0.1, 0.15) is 12.4 Å². The molecule has 0 aliphatic rings. The Hall–Kier alpha value is -0.730. The Morgan fingerprint density at radius 3 is 2.53 bits per heavy atom. The van der Waals surface area contributed by atoms with Gasteiger partial charge in [0.05, 0.1) is 5.02 Å². The summed E-state index contributed by atoms with van der Waals surface area (Å²) in [5.74, 6) is 0.756. The van der Waals surface area contributed by atoms with Crippen LogP contribution in [0.5, 0.6) is 5.75 Å². The molecule has 3 heteroatoms. The van der Waals surface area contributed by atoms with E-state index in [1.807, 2.05) is 24.3 Å². The maximum absolute atomic E-state index is 5.98. The summed E-state index contributed by atoms with van der Waals surface area (Å²) < 4.78 is 5.57. The average Bonchev–Trinajstić information content (AvgIpc) is 2.24. The molecular weight excluding hydrogens is 234 g/mol. The molecule has 0 unspecified atom stereocenters. The molecule has 0 heterocycles. The van der Waals surface area contributed by atoms with Gasteiger partial charge in [0, 0.05) is 6.54 Å². The van der Waals surface area contributed by atoms with E-state index in [4.69, 9.17) is 16.3 Å². The van der Waals surface area contributed by atoms with Crippen molar-refractivity contribution in [1.29, 1.82) is 0 Å². The number of rotatable bonds is 6. The topological polar surface area (TPSA) is 21.3 Å². The second-order valence-electron chi connectivity index (χ2n) is 5.34. The van der Waals surface area contributed by atoms with Gasteiger partial charge in [-0.15, -0.1) is 0 Å². The molecule has 1 rings (SSSR count). The molecule has 0 aromatic heterocycles. The Morgan fingerprint density at radius 1 is 1.18 bits per heavy atom. The fourth-order valence-electron chi connectivity index (χ4n) is 1.38. The SMILES string of the molecule is CC(C)(C)CCNCCOc1ccccc1Cl. The summed E-state index contributed by atoms with van der Waals surface area (Å²) in [7, 11) is 0. The zero-order chi connectivity index (χ0) is 12.7. The minimum atomic E-state index is 0.386. The quantitative estimate of drug-likeness (QED) is 0.782. The lowest BCUT2D eigenvalue weighted by atomic mass is 9.92. The largest absolute Gasteiger partial charge is 0.491 e. The van der Waals surface area contributed by atoms with Crippen LogP contribution in [0, 0.1) is 5.41 Å². The van der Waals surface area contributed by atoms with Gasteiger partial charge < -0.3 is 10.1 Å². The van der Waals surface area contributed by atoms with E-state index in [9.17, 15) is 0 Å². The summed E-state index contributed by atoms with van der Waals surface area (Å²) in [6.07, 6.45) is 1.17. The van der Waals surface area contributed by atoms with Crippen LogP contribution in [0.1, 0.15) is 27.2 Å². The van der Waals surface area contributed by atoms with Crippen molar-refractivity contribution in [3.8, 4) is 5.75 Å². The van der Waals surface area contributed by atoms with E-state index in [-0.39, 0.29) is 0 Å². The molecule has 17 heavy (non-hydrogen) atoms. The number of ether oxygens (including phenoxy) is 1. The van der Waals surface area contributed by atoms with Gasteiger partial charge in [-0.3, -0.25) is 0 Å². The van der Waals surface area contributed by atoms with Gasteiger partial charge in [0.2, 0.25) is 0 Å². The highest BCUT2D eigenvalue weighted by molar-refractivity contribution is 6.32. The number of nitrogens with one attached hydrogen (secondary N) is 1. The highest BCUT2D eigenvalue weighted by atomic mass is 35.5. The summed E-state index contributed by atoms with van der Waals surface area (Å²) in [6, 6.07) is 7.55. The van der Waals surface area contributed by atoms with E-state index < -0.39 is 0 Å². The maximum atomic E-state index is 5.98. The summed E-state index contributed by atoms with van der Waals surface area (Å²) in [5.41, 5.74) is 0.386. The molecule has 96 valence electrons. The maximum Gasteiger partial charge on any atom is 0.137 e. The van der Waals surface area contributed by atoms with E-state index >= 15 is 0 Å². The van der Waals surface area contributed by atoms with Crippen LogP contribution in [0.4, 0.5) is 0 Å². The monoisotopic (exact) mass is 255 g/mol. The molecule has 1 aromatic rings. The van der Waals surface area contributed by atoms with Crippen molar-refractivity contribution < 1.29 is 4.74 Å². The van der Waals surface area contributed by atoms with Crippen molar-refractivity contribution in [1.82, 2.24) is 5.32 Å². The van der Waals surface area contributed by atoms with Crippen LogP contribution >= 0.6 is 11.6 Å². The molecule has 2 nitrogen and oxygen atoms in total. The summed E-state index contributed by atoms with van der Waals surface area (Å²) in [6.45, 7) is 9.25. The first-order valence-corrected chi connectivity index (χ1v) is 6.45. The molecule has 0 bridgehead atoms. The fraction of sp³-hybridized carbons (Fsp3) is 0.571. The number of halogens is 1. The molecule has 0 saturated carbocycles. The van der Waals surface area contributed by atoms with Gasteiger partial charge in [-0.2, -0.15) is 0 Å². The molecule has 0 atom stereocenters. The van der Waals surface area contributed by atoms with E-state index in [0.717, 1.165) is 18.8 Å². The lowest BCUT2D eigenvalue weighted by Gasteiger charge is -2.18. The standard InChI is InChI=1S/C14H22ClNO/c1-14(2,3)8-9-16-10-11-17-13-7-5-4-6-12(13)15/h4-7,16H,8-11H2,1-3H3. The molecule has 0 aliphatic carbocycles. The van der Waals surface area contributed by atoms with Gasteiger partial charge in [-0.25, -0.2) is 0 Å². The zero-order valence-corrected chi connectivity index (χ0v) is 11.7. The predicted molar refractivity (Wildman–Crippen MR) is 73.9 cm³/mol.